The molecule has 1 aromatic rings. The minimum atomic E-state index is 0.285. The Morgan fingerprint density at radius 1 is 0.828 bits per heavy atom. The summed E-state index contributed by atoms with van der Waals surface area (Å²) in [5.41, 5.74) is 1.06. The van der Waals surface area contributed by atoms with Crippen molar-refractivity contribution >= 4 is 34.8 Å². The highest BCUT2D eigenvalue weighted by molar-refractivity contribution is 6.35. The molecule has 5 nitrogen and oxygen atoms in total. The lowest BCUT2D eigenvalue weighted by Gasteiger charge is -2.41. The lowest BCUT2D eigenvalue weighted by Crippen LogP contribution is -2.55. The van der Waals surface area contributed by atoms with E-state index in [1.807, 2.05) is 12.1 Å². The van der Waals surface area contributed by atoms with Gasteiger partial charge in [-0.25, -0.2) is 0 Å². The standard InChI is InChI=1S/C22H32Cl2N4O/c23-18-14-19(24)16-21(15-18)27-8-6-25(7-9-27)17-22(29)28-12-10-26(11-13-28)20-4-2-1-3-5-20/h14-16,20H,1-13,17H2. The average molecular weight is 439 g/mol. The molecule has 0 atom stereocenters. The number of carbonyl (C=O) groups is 1. The number of carbonyl (C=O) groups excluding carboxylic acids is 1. The van der Waals surface area contributed by atoms with E-state index in [9.17, 15) is 4.79 Å². The molecule has 1 saturated carbocycles. The van der Waals surface area contributed by atoms with Gasteiger partial charge in [0, 0.05) is 74.1 Å². The number of benzene rings is 1. The Kier molecular flexibility index (Phi) is 7.22. The van der Waals surface area contributed by atoms with Gasteiger partial charge in [-0.3, -0.25) is 14.6 Å². The summed E-state index contributed by atoms with van der Waals surface area (Å²) < 4.78 is 0. The van der Waals surface area contributed by atoms with Gasteiger partial charge in [0.2, 0.25) is 5.91 Å². The molecule has 2 saturated heterocycles. The van der Waals surface area contributed by atoms with Crippen LogP contribution in [-0.4, -0.2) is 85.6 Å². The summed E-state index contributed by atoms with van der Waals surface area (Å²) in [6.45, 7) is 7.94. The van der Waals surface area contributed by atoms with Gasteiger partial charge in [0.1, 0.15) is 0 Å². The average Bonchev–Trinajstić information content (AvgIpc) is 2.74. The third-order valence-corrected chi connectivity index (χ3v) is 7.14. The van der Waals surface area contributed by atoms with Crippen LogP contribution in [0.15, 0.2) is 18.2 Å². The van der Waals surface area contributed by atoms with Gasteiger partial charge in [-0.1, -0.05) is 42.5 Å². The Morgan fingerprint density at radius 2 is 1.45 bits per heavy atom. The van der Waals surface area contributed by atoms with Crippen LogP contribution in [0.3, 0.4) is 0 Å². The predicted octanol–water partition coefficient (Wildman–Crippen LogP) is 3.59. The number of nitrogens with zero attached hydrogens (tertiary/aromatic N) is 4. The number of anilines is 1. The van der Waals surface area contributed by atoms with E-state index < -0.39 is 0 Å². The molecule has 29 heavy (non-hydrogen) atoms. The quantitative estimate of drug-likeness (QED) is 0.718. The van der Waals surface area contributed by atoms with Crippen molar-refractivity contribution in [3.05, 3.63) is 28.2 Å². The maximum absolute atomic E-state index is 12.8. The summed E-state index contributed by atoms with van der Waals surface area (Å²) in [5, 5.41) is 1.33. The molecule has 1 aliphatic carbocycles. The van der Waals surface area contributed by atoms with E-state index in [1.54, 1.807) is 6.07 Å². The summed E-state index contributed by atoms with van der Waals surface area (Å²) in [6.07, 6.45) is 6.83. The minimum Gasteiger partial charge on any atom is -0.369 e. The number of rotatable bonds is 4. The molecule has 1 aromatic carbocycles. The van der Waals surface area contributed by atoms with Crippen LogP contribution in [0.2, 0.25) is 10.0 Å². The molecule has 2 aliphatic heterocycles. The second kappa shape index (κ2) is 9.86. The fourth-order valence-corrected chi connectivity index (χ4v) is 5.47. The molecule has 2 heterocycles. The van der Waals surface area contributed by atoms with Gasteiger partial charge in [0.05, 0.1) is 6.54 Å². The topological polar surface area (TPSA) is 30.0 Å². The van der Waals surface area contributed by atoms with E-state index in [4.69, 9.17) is 23.2 Å². The van der Waals surface area contributed by atoms with Gasteiger partial charge in [0.25, 0.3) is 0 Å². The van der Waals surface area contributed by atoms with Crippen LogP contribution in [0.25, 0.3) is 0 Å². The molecule has 3 fully saturated rings. The Morgan fingerprint density at radius 3 is 2.07 bits per heavy atom. The Bertz CT molecular complexity index is 674. The second-order valence-electron chi connectivity index (χ2n) is 8.60. The Labute approximate surface area is 184 Å². The lowest BCUT2D eigenvalue weighted by atomic mass is 9.94. The van der Waals surface area contributed by atoms with Crippen LogP contribution in [0.5, 0.6) is 0 Å². The first kappa shape index (κ1) is 21.2. The number of amides is 1. The molecule has 0 aromatic heterocycles. The molecular weight excluding hydrogens is 407 g/mol. The molecule has 0 unspecified atom stereocenters. The van der Waals surface area contributed by atoms with Gasteiger partial charge in [0.15, 0.2) is 0 Å². The van der Waals surface area contributed by atoms with Crippen molar-refractivity contribution in [1.82, 2.24) is 14.7 Å². The number of piperazine rings is 2. The molecule has 0 bridgehead atoms. The third kappa shape index (κ3) is 5.57. The molecular formula is C22H32Cl2N4O. The first-order valence-corrected chi connectivity index (χ1v) is 11.8. The zero-order chi connectivity index (χ0) is 20.2. The van der Waals surface area contributed by atoms with Gasteiger partial charge in [-0.2, -0.15) is 0 Å². The normalized spacial score (nSPS) is 22.8. The molecule has 0 radical (unpaired) electrons. The van der Waals surface area contributed by atoms with E-state index in [0.29, 0.717) is 16.6 Å². The summed E-state index contributed by atoms with van der Waals surface area (Å²) in [7, 11) is 0. The van der Waals surface area contributed by atoms with Crippen molar-refractivity contribution in [2.24, 2.45) is 0 Å². The predicted molar refractivity (Wildman–Crippen MR) is 120 cm³/mol. The molecule has 160 valence electrons. The van der Waals surface area contributed by atoms with Crippen LogP contribution in [-0.2, 0) is 4.79 Å². The maximum atomic E-state index is 12.8. The van der Waals surface area contributed by atoms with Crippen molar-refractivity contribution in [2.45, 2.75) is 38.1 Å². The van der Waals surface area contributed by atoms with E-state index in [1.165, 1.54) is 32.1 Å². The summed E-state index contributed by atoms with van der Waals surface area (Å²) in [5.74, 6) is 0.285. The van der Waals surface area contributed by atoms with Crippen molar-refractivity contribution < 1.29 is 4.79 Å². The van der Waals surface area contributed by atoms with E-state index in [-0.39, 0.29) is 5.91 Å². The van der Waals surface area contributed by atoms with Crippen LogP contribution in [0.1, 0.15) is 32.1 Å². The Hall–Kier alpha value is -1.01. The molecule has 1 amide bonds. The van der Waals surface area contributed by atoms with Crippen LogP contribution in [0, 0.1) is 0 Å². The summed E-state index contributed by atoms with van der Waals surface area (Å²) >= 11 is 12.3. The summed E-state index contributed by atoms with van der Waals surface area (Å²) in [4.78, 5) is 22.1. The third-order valence-electron chi connectivity index (χ3n) is 6.70. The molecule has 0 spiro atoms. The number of hydrogen-bond acceptors (Lipinski definition) is 4. The summed E-state index contributed by atoms with van der Waals surface area (Å²) in [6, 6.07) is 6.43. The fourth-order valence-electron chi connectivity index (χ4n) is 4.96. The van der Waals surface area contributed by atoms with Crippen molar-refractivity contribution in [1.29, 1.82) is 0 Å². The maximum Gasteiger partial charge on any atom is 0.236 e. The van der Waals surface area contributed by atoms with Gasteiger partial charge < -0.3 is 9.80 Å². The largest absolute Gasteiger partial charge is 0.369 e. The van der Waals surface area contributed by atoms with Crippen molar-refractivity contribution in [3.63, 3.8) is 0 Å². The van der Waals surface area contributed by atoms with Gasteiger partial charge in [-0.15, -0.1) is 0 Å². The van der Waals surface area contributed by atoms with Crippen LogP contribution >= 0.6 is 23.2 Å². The lowest BCUT2D eigenvalue weighted by molar-refractivity contribution is -0.134. The number of hydrogen-bond donors (Lipinski definition) is 0. The van der Waals surface area contributed by atoms with Gasteiger partial charge in [-0.05, 0) is 31.0 Å². The smallest absolute Gasteiger partial charge is 0.236 e. The SMILES string of the molecule is O=C(CN1CCN(c2cc(Cl)cc(Cl)c2)CC1)N1CCN(C2CCCCC2)CC1. The monoisotopic (exact) mass is 438 g/mol. The molecule has 7 heteroatoms. The zero-order valence-electron chi connectivity index (χ0n) is 17.2. The highest BCUT2D eigenvalue weighted by Crippen LogP contribution is 2.26. The second-order valence-corrected chi connectivity index (χ2v) is 9.47. The fraction of sp³-hybridized carbons (Fsp3) is 0.682. The first-order valence-electron chi connectivity index (χ1n) is 11.0. The zero-order valence-corrected chi connectivity index (χ0v) is 18.7. The van der Waals surface area contributed by atoms with Crippen LogP contribution in [0.4, 0.5) is 5.69 Å². The van der Waals surface area contributed by atoms with Crippen molar-refractivity contribution in [3.8, 4) is 0 Å². The molecule has 4 rings (SSSR count). The first-order chi connectivity index (χ1) is 14.1. The van der Waals surface area contributed by atoms with E-state index >= 15 is 0 Å². The highest BCUT2D eigenvalue weighted by atomic mass is 35.5. The van der Waals surface area contributed by atoms with E-state index in [0.717, 1.165) is 64.1 Å². The number of halogens is 2. The van der Waals surface area contributed by atoms with Crippen LogP contribution < -0.4 is 4.90 Å². The molecule has 3 aliphatic rings. The minimum absolute atomic E-state index is 0.285. The van der Waals surface area contributed by atoms with Crippen molar-refractivity contribution in [2.75, 3.05) is 63.8 Å². The Balaban J connectivity index is 1.21. The highest BCUT2D eigenvalue weighted by Gasteiger charge is 2.28. The van der Waals surface area contributed by atoms with Gasteiger partial charge >= 0.3 is 0 Å². The van der Waals surface area contributed by atoms with E-state index in [2.05, 4.69) is 19.6 Å². The molecule has 0 N–H and O–H groups in total.